The number of hydrogen-bond acceptors (Lipinski definition) is 6. The zero-order valence-electron chi connectivity index (χ0n) is 15.1. The molecular formula is C20H22N4O2. The average Bonchev–Trinajstić information content (AvgIpc) is 2.66. The van der Waals surface area contributed by atoms with Crippen molar-refractivity contribution >= 4 is 17.3 Å². The predicted octanol–water partition coefficient (Wildman–Crippen LogP) is 4.16. The monoisotopic (exact) mass is 350 g/mol. The summed E-state index contributed by atoms with van der Waals surface area (Å²) in [6.07, 6.45) is 1.53. The fourth-order valence-corrected chi connectivity index (χ4v) is 2.60. The zero-order chi connectivity index (χ0) is 18.4. The van der Waals surface area contributed by atoms with E-state index in [1.807, 2.05) is 24.3 Å². The number of methoxy groups -OCH3 is 2. The van der Waals surface area contributed by atoms with Crippen molar-refractivity contribution in [3.63, 3.8) is 0 Å². The van der Waals surface area contributed by atoms with Crippen LogP contribution >= 0.6 is 0 Å². The van der Waals surface area contributed by atoms with Gasteiger partial charge in [-0.05, 0) is 24.6 Å². The Labute approximate surface area is 153 Å². The molecule has 0 amide bonds. The second-order valence-electron chi connectivity index (χ2n) is 5.83. The van der Waals surface area contributed by atoms with Crippen molar-refractivity contribution in [2.24, 2.45) is 0 Å². The van der Waals surface area contributed by atoms with Gasteiger partial charge in [0.05, 0.1) is 14.2 Å². The van der Waals surface area contributed by atoms with Crippen LogP contribution in [0.3, 0.4) is 0 Å². The fourth-order valence-electron chi connectivity index (χ4n) is 2.60. The molecule has 0 saturated carbocycles. The van der Waals surface area contributed by atoms with Crippen LogP contribution in [-0.4, -0.2) is 24.2 Å². The molecule has 3 aromatic rings. The van der Waals surface area contributed by atoms with Crippen LogP contribution in [0.2, 0.25) is 0 Å². The molecule has 1 heterocycles. The molecule has 0 unspecified atom stereocenters. The molecule has 134 valence electrons. The first-order valence-corrected chi connectivity index (χ1v) is 8.28. The highest BCUT2D eigenvalue weighted by Crippen LogP contribution is 2.30. The van der Waals surface area contributed by atoms with Crippen LogP contribution in [-0.2, 0) is 6.54 Å². The van der Waals surface area contributed by atoms with Gasteiger partial charge in [-0.1, -0.05) is 29.8 Å². The van der Waals surface area contributed by atoms with Gasteiger partial charge in [0.15, 0.2) is 11.5 Å². The summed E-state index contributed by atoms with van der Waals surface area (Å²) in [4.78, 5) is 8.54. The quantitative estimate of drug-likeness (QED) is 0.667. The van der Waals surface area contributed by atoms with E-state index in [9.17, 15) is 0 Å². The summed E-state index contributed by atoms with van der Waals surface area (Å²) in [5.41, 5.74) is 3.30. The fraction of sp³-hybridized carbons (Fsp3) is 0.200. The Morgan fingerprint density at radius 2 is 1.69 bits per heavy atom. The molecule has 0 fully saturated rings. The lowest BCUT2D eigenvalue weighted by molar-refractivity contribution is 0.355. The van der Waals surface area contributed by atoms with Crippen molar-refractivity contribution in [3.8, 4) is 11.5 Å². The van der Waals surface area contributed by atoms with Crippen LogP contribution < -0.4 is 20.1 Å². The Hall–Kier alpha value is -3.28. The molecular weight excluding hydrogens is 328 g/mol. The van der Waals surface area contributed by atoms with Gasteiger partial charge >= 0.3 is 0 Å². The van der Waals surface area contributed by atoms with E-state index in [-0.39, 0.29) is 0 Å². The van der Waals surface area contributed by atoms with Gasteiger partial charge in [0, 0.05) is 24.4 Å². The molecule has 2 aromatic carbocycles. The van der Waals surface area contributed by atoms with Gasteiger partial charge in [0.1, 0.15) is 18.0 Å². The molecule has 0 radical (unpaired) electrons. The molecule has 0 spiro atoms. The summed E-state index contributed by atoms with van der Waals surface area (Å²) >= 11 is 0. The Kier molecular flexibility index (Phi) is 5.53. The first-order chi connectivity index (χ1) is 12.7. The number of aromatic nitrogens is 2. The molecule has 0 bridgehead atoms. The van der Waals surface area contributed by atoms with Crippen LogP contribution in [0.15, 0.2) is 54.9 Å². The number of hydrogen-bond donors (Lipinski definition) is 2. The van der Waals surface area contributed by atoms with E-state index in [1.165, 1.54) is 17.5 Å². The summed E-state index contributed by atoms with van der Waals surface area (Å²) in [6, 6.07) is 15.9. The summed E-state index contributed by atoms with van der Waals surface area (Å²) in [5, 5.41) is 6.57. The van der Waals surface area contributed by atoms with Crippen LogP contribution in [0.25, 0.3) is 0 Å². The van der Waals surface area contributed by atoms with Crippen molar-refractivity contribution in [3.05, 3.63) is 66.0 Å². The number of rotatable bonds is 7. The van der Waals surface area contributed by atoms with Gasteiger partial charge in [-0.25, -0.2) is 9.97 Å². The lowest BCUT2D eigenvalue weighted by Crippen LogP contribution is -2.03. The second-order valence-corrected chi connectivity index (χ2v) is 5.83. The minimum absolute atomic E-state index is 0.657. The minimum Gasteiger partial charge on any atom is -0.493 e. The zero-order valence-corrected chi connectivity index (χ0v) is 15.1. The Balaban J connectivity index is 1.69. The third-order valence-corrected chi connectivity index (χ3v) is 3.88. The van der Waals surface area contributed by atoms with E-state index in [0.29, 0.717) is 23.9 Å². The van der Waals surface area contributed by atoms with Crippen molar-refractivity contribution in [1.82, 2.24) is 9.97 Å². The summed E-state index contributed by atoms with van der Waals surface area (Å²) in [5.74, 6) is 2.79. The first kappa shape index (κ1) is 17.5. The molecule has 6 heteroatoms. The molecule has 0 saturated heterocycles. The molecule has 3 rings (SSSR count). The third kappa shape index (κ3) is 4.42. The highest BCUT2D eigenvalue weighted by Gasteiger charge is 2.06. The molecule has 0 aliphatic rings. The Morgan fingerprint density at radius 3 is 2.46 bits per heavy atom. The van der Waals surface area contributed by atoms with Gasteiger partial charge in [-0.2, -0.15) is 0 Å². The van der Waals surface area contributed by atoms with Crippen LogP contribution in [0, 0.1) is 6.92 Å². The molecule has 0 atom stereocenters. The van der Waals surface area contributed by atoms with Crippen molar-refractivity contribution < 1.29 is 9.47 Å². The highest BCUT2D eigenvalue weighted by atomic mass is 16.5. The summed E-state index contributed by atoms with van der Waals surface area (Å²) in [6.45, 7) is 2.79. The Bertz CT molecular complexity index is 883. The van der Waals surface area contributed by atoms with E-state index in [1.54, 1.807) is 14.2 Å². The molecule has 1 aromatic heterocycles. The van der Waals surface area contributed by atoms with Gasteiger partial charge < -0.3 is 20.1 Å². The van der Waals surface area contributed by atoms with Crippen molar-refractivity contribution in [2.45, 2.75) is 13.5 Å². The summed E-state index contributed by atoms with van der Waals surface area (Å²) in [7, 11) is 3.22. The second kappa shape index (κ2) is 8.20. The van der Waals surface area contributed by atoms with Crippen LogP contribution in [0.5, 0.6) is 11.5 Å². The maximum absolute atomic E-state index is 5.33. The summed E-state index contributed by atoms with van der Waals surface area (Å²) < 4.78 is 10.6. The average molecular weight is 350 g/mol. The molecule has 0 aliphatic heterocycles. The van der Waals surface area contributed by atoms with Crippen molar-refractivity contribution in [2.75, 3.05) is 24.9 Å². The number of benzene rings is 2. The van der Waals surface area contributed by atoms with E-state index in [0.717, 1.165) is 11.5 Å². The first-order valence-electron chi connectivity index (χ1n) is 8.28. The number of ether oxygens (including phenoxy) is 2. The lowest BCUT2D eigenvalue weighted by atomic mass is 10.1. The standard InChI is InChI=1S/C20H22N4O2/c1-14-5-4-6-15(9-14)12-21-19-11-20(23-13-22-19)24-16-7-8-17(25-2)18(10-16)26-3/h4-11,13H,12H2,1-3H3,(H2,21,22,23,24). The van der Waals surface area contributed by atoms with E-state index < -0.39 is 0 Å². The van der Waals surface area contributed by atoms with E-state index in [4.69, 9.17) is 9.47 Å². The molecule has 0 aliphatic carbocycles. The SMILES string of the molecule is COc1ccc(Nc2cc(NCc3cccc(C)c3)ncn2)cc1OC. The maximum atomic E-state index is 5.33. The Morgan fingerprint density at radius 1 is 0.885 bits per heavy atom. The predicted molar refractivity (Wildman–Crippen MR) is 103 cm³/mol. The minimum atomic E-state index is 0.657. The number of nitrogens with one attached hydrogen (secondary N) is 2. The van der Waals surface area contributed by atoms with Gasteiger partial charge in [-0.3, -0.25) is 0 Å². The molecule has 2 N–H and O–H groups in total. The highest BCUT2D eigenvalue weighted by molar-refractivity contribution is 5.62. The third-order valence-electron chi connectivity index (χ3n) is 3.88. The van der Waals surface area contributed by atoms with Crippen molar-refractivity contribution in [1.29, 1.82) is 0 Å². The molecule has 26 heavy (non-hydrogen) atoms. The maximum Gasteiger partial charge on any atom is 0.162 e. The number of anilines is 3. The van der Waals surface area contributed by atoms with Gasteiger partial charge in [0.25, 0.3) is 0 Å². The van der Waals surface area contributed by atoms with Gasteiger partial charge in [-0.15, -0.1) is 0 Å². The number of nitrogens with zero attached hydrogens (tertiary/aromatic N) is 2. The topological polar surface area (TPSA) is 68.3 Å². The van der Waals surface area contributed by atoms with Crippen LogP contribution in [0.1, 0.15) is 11.1 Å². The smallest absolute Gasteiger partial charge is 0.162 e. The van der Waals surface area contributed by atoms with E-state index >= 15 is 0 Å². The van der Waals surface area contributed by atoms with Crippen LogP contribution in [0.4, 0.5) is 17.3 Å². The molecule has 6 nitrogen and oxygen atoms in total. The number of aryl methyl sites for hydroxylation is 1. The normalized spacial score (nSPS) is 10.3. The largest absolute Gasteiger partial charge is 0.493 e. The van der Waals surface area contributed by atoms with E-state index in [2.05, 4.69) is 51.8 Å². The lowest BCUT2D eigenvalue weighted by Gasteiger charge is -2.12. The van der Waals surface area contributed by atoms with Gasteiger partial charge in [0.2, 0.25) is 0 Å².